The average Bonchev–Trinajstić information content (AvgIpc) is 2.83. The van der Waals surface area contributed by atoms with Crippen LogP contribution in [0.1, 0.15) is 39.1 Å². The van der Waals surface area contributed by atoms with Gasteiger partial charge in [0.2, 0.25) is 5.91 Å². The number of nitrogens with one attached hydrogen (secondary N) is 2. The van der Waals surface area contributed by atoms with E-state index in [1.807, 2.05) is 6.07 Å². The number of nitrogens with zero attached hydrogens (tertiary/aromatic N) is 1. The molecule has 8 heteroatoms. The van der Waals surface area contributed by atoms with Crippen molar-refractivity contribution in [3.63, 3.8) is 0 Å². The van der Waals surface area contributed by atoms with E-state index in [0.717, 1.165) is 0 Å². The normalized spacial score (nSPS) is 10.6. The van der Waals surface area contributed by atoms with E-state index in [2.05, 4.69) is 15.8 Å². The van der Waals surface area contributed by atoms with Crippen LogP contribution in [0.25, 0.3) is 0 Å². The van der Waals surface area contributed by atoms with Crippen molar-refractivity contribution in [3.05, 3.63) is 101 Å². The number of carbonyl (C=O) groups excluding carboxylic acids is 3. The predicted octanol–water partition coefficient (Wildman–Crippen LogP) is 4.22. The van der Waals surface area contributed by atoms with Crippen LogP contribution in [0, 0.1) is 0 Å². The fourth-order valence-corrected chi connectivity index (χ4v) is 3.04. The lowest BCUT2D eigenvalue weighted by atomic mass is 10.2. The van der Waals surface area contributed by atoms with Gasteiger partial charge < -0.3 is 10.1 Å². The molecule has 0 aliphatic heterocycles. The summed E-state index contributed by atoms with van der Waals surface area (Å²) >= 11 is 6.02. The predicted molar refractivity (Wildman–Crippen MR) is 127 cm³/mol. The lowest BCUT2D eigenvalue weighted by Crippen LogP contribution is -2.26. The summed E-state index contributed by atoms with van der Waals surface area (Å²) in [6.45, 7) is 0.379. The Bertz CT molecular complexity index is 1150. The van der Waals surface area contributed by atoms with Crippen LogP contribution in [-0.4, -0.2) is 30.5 Å². The molecule has 0 saturated carbocycles. The first-order valence-corrected chi connectivity index (χ1v) is 10.6. The second kappa shape index (κ2) is 12.2. The molecule has 0 unspecified atom stereocenters. The summed E-state index contributed by atoms with van der Waals surface area (Å²) in [7, 11) is 0. The minimum Gasteiger partial charge on any atom is -0.423 e. The zero-order chi connectivity index (χ0) is 23.5. The first-order chi connectivity index (χ1) is 16.0. The lowest BCUT2D eigenvalue weighted by molar-refractivity contribution is -0.121. The summed E-state index contributed by atoms with van der Waals surface area (Å²) in [5.74, 6) is -0.697. The first-order valence-electron chi connectivity index (χ1n) is 10.2. The Kier molecular flexibility index (Phi) is 8.73. The van der Waals surface area contributed by atoms with E-state index in [-0.39, 0.29) is 23.8 Å². The van der Waals surface area contributed by atoms with Crippen LogP contribution < -0.4 is 15.5 Å². The van der Waals surface area contributed by atoms with Crippen molar-refractivity contribution in [1.82, 2.24) is 10.7 Å². The minimum absolute atomic E-state index is 0.177. The molecule has 33 heavy (non-hydrogen) atoms. The Labute approximate surface area is 196 Å². The fourth-order valence-electron chi connectivity index (χ4n) is 2.82. The van der Waals surface area contributed by atoms with Crippen LogP contribution in [0.5, 0.6) is 5.75 Å². The van der Waals surface area contributed by atoms with Gasteiger partial charge in [-0.15, -0.1) is 0 Å². The molecule has 0 heterocycles. The van der Waals surface area contributed by atoms with Gasteiger partial charge in [-0.2, -0.15) is 5.10 Å². The van der Waals surface area contributed by atoms with E-state index >= 15 is 0 Å². The van der Waals surface area contributed by atoms with E-state index in [1.54, 1.807) is 72.8 Å². The number of hydrogen-bond acceptors (Lipinski definition) is 5. The maximum absolute atomic E-state index is 12.3. The zero-order valence-corrected chi connectivity index (χ0v) is 18.4. The van der Waals surface area contributed by atoms with Crippen molar-refractivity contribution < 1.29 is 19.1 Å². The van der Waals surface area contributed by atoms with E-state index in [9.17, 15) is 14.4 Å². The number of ether oxygens (including phenoxy) is 1. The van der Waals surface area contributed by atoms with Gasteiger partial charge in [-0.05, 0) is 48.4 Å². The number of benzene rings is 3. The highest BCUT2D eigenvalue weighted by Gasteiger charge is 2.12. The van der Waals surface area contributed by atoms with Gasteiger partial charge in [0.05, 0.1) is 16.8 Å². The summed E-state index contributed by atoms with van der Waals surface area (Å²) in [5.41, 5.74) is 3.92. The van der Waals surface area contributed by atoms with Gasteiger partial charge in [0.1, 0.15) is 5.75 Å². The van der Waals surface area contributed by atoms with E-state index in [0.29, 0.717) is 34.9 Å². The SMILES string of the molecule is O=C(CCCNC(=O)c1ccccc1)NN=Cc1cccc(OC(=O)c2ccccc2Cl)c1. The van der Waals surface area contributed by atoms with Crippen LogP contribution in [0.4, 0.5) is 0 Å². The van der Waals surface area contributed by atoms with Gasteiger partial charge in [-0.3, -0.25) is 9.59 Å². The van der Waals surface area contributed by atoms with Crippen molar-refractivity contribution in [2.45, 2.75) is 12.8 Å². The summed E-state index contributed by atoms with van der Waals surface area (Å²) in [6.07, 6.45) is 2.14. The molecule has 0 bridgehead atoms. The summed E-state index contributed by atoms with van der Waals surface area (Å²) in [6, 6.07) is 22.2. The van der Waals surface area contributed by atoms with Crippen LogP contribution in [0.15, 0.2) is 84.0 Å². The molecule has 7 nitrogen and oxygen atoms in total. The average molecular weight is 464 g/mol. The molecule has 0 aromatic heterocycles. The van der Waals surface area contributed by atoms with Gasteiger partial charge in [0.25, 0.3) is 5.91 Å². The highest BCUT2D eigenvalue weighted by Crippen LogP contribution is 2.19. The number of hydrogen-bond donors (Lipinski definition) is 2. The number of amides is 2. The molecule has 168 valence electrons. The summed E-state index contributed by atoms with van der Waals surface area (Å²) in [5, 5.41) is 7.00. The van der Waals surface area contributed by atoms with Gasteiger partial charge in [-0.1, -0.05) is 54.1 Å². The Morgan fingerprint density at radius 1 is 0.939 bits per heavy atom. The molecule has 0 atom stereocenters. The van der Waals surface area contributed by atoms with Crippen LogP contribution in [0.3, 0.4) is 0 Å². The van der Waals surface area contributed by atoms with Crippen molar-refractivity contribution in [2.75, 3.05) is 6.54 Å². The molecule has 2 N–H and O–H groups in total. The summed E-state index contributed by atoms with van der Waals surface area (Å²) in [4.78, 5) is 36.1. The third kappa shape index (κ3) is 7.59. The molecule has 0 aliphatic rings. The largest absolute Gasteiger partial charge is 0.423 e. The maximum atomic E-state index is 12.3. The highest BCUT2D eigenvalue weighted by atomic mass is 35.5. The third-order valence-electron chi connectivity index (χ3n) is 4.47. The molecular formula is C25H22ClN3O4. The van der Waals surface area contributed by atoms with Crippen molar-refractivity contribution in [1.29, 1.82) is 0 Å². The molecule has 2 amide bonds. The topological polar surface area (TPSA) is 96.9 Å². The van der Waals surface area contributed by atoms with Crippen molar-refractivity contribution >= 4 is 35.6 Å². The molecule has 3 aromatic rings. The first kappa shape index (κ1) is 23.7. The monoisotopic (exact) mass is 463 g/mol. The number of halogens is 1. The van der Waals surface area contributed by atoms with Gasteiger partial charge in [-0.25, -0.2) is 10.2 Å². The summed E-state index contributed by atoms with van der Waals surface area (Å²) < 4.78 is 5.36. The second-order valence-corrected chi connectivity index (χ2v) is 7.37. The Hall–Kier alpha value is -3.97. The fraction of sp³-hybridized carbons (Fsp3) is 0.120. The third-order valence-corrected chi connectivity index (χ3v) is 4.80. The van der Waals surface area contributed by atoms with Gasteiger partial charge >= 0.3 is 5.97 Å². The van der Waals surface area contributed by atoms with E-state index in [1.165, 1.54) is 6.21 Å². The number of rotatable bonds is 9. The number of esters is 1. The smallest absolute Gasteiger partial charge is 0.345 e. The second-order valence-electron chi connectivity index (χ2n) is 6.96. The van der Waals surface area contributed by atoms with Crippen molar-refractivity contribution in [3.8, 4) is 5.75 Å². The standard InChI is InChI=1S/C25H22ClN3O4/c26-22-13-5-4-12-21(22)25(32)33-20-11-6-8-18(16-20)17-28-29-23(30)14-7-15-27-24(31)19-9-2-1-3-10-19/h1-6,8-13,16-17H,7,14-15H2,(H,27,31)(H,29,30). The molecule has 0 spiro atoms. The Balaban J connectivity index is 1.41. The van der Waals surface area contributed by atoms with Gasteiger partial charge in [0, 0.05) is 18.5 Å². The molecular weight excluding hydrogens is 442 g/mol. The molecule has 3 rings (SSSR count). The van der Waals surface area contributed by atoms with E-state index in [4.69, 9.17) is 16.3 Å². The maximum Gasteiger partial charge on any atom is 0.345 e. The molecule has 0 aliphatic carbocycles. The number of hydrazone groups is 1. The quantitative estimate of drug-likeness (QED) is 0.163. The molecule has 3 aromatic carbocycles. The highest BCUT2D eigenvalue weighted by molar-refractivity contribution is 6.33. The van der Waals surface area contributed by atoms with Crippen LogP contribution in [0.2, 0.25) is 5.02 Å². The molecule has 0 radical (unpaired) electrons. The Morgan fingerprint density at radius 2 is 1.70 bits per heavy atom. The minimum atomic E-state index is -0.567. The number of carbonyl (C=O) groups is 3. The molecule has 0 saturated heterocycles. The zero-order valence-electron chi connectivity index (χ0n) is 17.7. The Morgan fingerprint density at radius 3 is 2.48 bits per heavy atom. The van der Waals surface area contributed by atoms with E-state index < -0.39 is 5.97 Å². The lowest BCUT2D eigenvalue weighted by Gasteiger charge is -2.06. The molecule has 0 fully saturated rings. The van der Waals surface area contributed by atoms with Crippen molar-refractivity contribution in [2.24, 2.45) is 5.10 Å². The van der Waals surface area contributed by atoms with Crippen LogP contribution in [-0.2, 0) is 4.79 Å². The van der Waals surface area contributed by atoms with Gasteiger partial charge in [0.15, 0.2) is 0 Å². The van der Waals surface area contributed by atoms with Crippen LogP contribution >= 0.6 is 11.6 Å².